The zero-order valence-electron chi connectivity index (χ0n) is 15.7. The van der Waals surface area contributed by atoms with Crippen LogP contribution >= 0.6 is 0 Å². The number of pyridine rings is 1. The second kappa shape index (κ2) is 7.25. The van der Waals surface area contributed by atoms with E-state index in [1.807, 2.05) is 36.4 Å². The van der Waals surface area contributed by atoms with Gasteiger partial charge in [0.25, 0.3) is 5.56 Å². The summed E-state index contributed by atoms with van der Waals surface area (Å²) in [7, 11) is 0. The number of ether oxygens (including phenoxy) is 1. The zero-order chi connectivity index (χ0) is 20.5. The minimum absolute atomic E-state index is 0.130. The molecule has 4 heterocycles. The summed E-state index contributed by atoms with van der Waals surface area (Å²) in [4.78, 5) is 33.5. The van der Waals surface area contributed by atoms with Crippen LogP contribution in [0.3, 0.4) is 0 Å². The van der Waals surface area contributed by atoms with Gasteiger partial charge in [0, 0.05) is 24.0 Å². The lowest BCUT2D eigenvalue weighted by Gasteiger charge is -2.06. The lowest BCUT2D eigenvalue weighted by molar-refractivity contribution is 0.0470. The van der Waals surface area contributed by atoms with Gasteiger partial charge in [-0.1, -0.05) is 36.4 Å². The molecule has 30 heavy (non-hydrogen) atoms. The van der Waals surface area contributed by atoms with E-state index in [0.29, 0.717) is 17.0 Å². The second-order valence-corrected chi connectivity index (χ2v) is 6.58. The van der Waals surface area contributed by atoms with Crippen molar-refractivity contribution in [2.45, 2.75) is 6.61 Å². The second-order valence-electron chi connectivity index (χ2n) is 6.58. The van der Waals surface area contributed by atoms with Crippen molar-refractivity contribution in [3.63, 3.8) is 0 Å². The van der Waals surface area contributed by atoms with Crippen LogP contribution in [0, 0.1) is 0 Å². The molecule has 4 aromatic heterocycles. The molecule has 0 spiro atoms. The number of nitrogens with zero attached hydrogens (tertiary/aromatic N) is 5. The average Bonchev–Trinajstić information content (AvgIpc) is 3.22. The molecule has 8 nitrogen and oxygen atoms in total. The third-order valence-electron chi connectivity index (χ3n) is 4.67. The van der Waals surface area contributed by atoms with Crippen molar-refractivity contribution in [3.05, 3.63) is 101 Å². The maximum absolute atomic E-state index is 12.7. The van der Waals surface area contributed by atoms with Gasteiger partial charge in [0.05, 0.1) is 17.6 Å². The fourth-order valence-electron chi connectivity index (χ4n) is 3.26. The molecule has 8 heteroatoms. The van der Waals surface area contributed by atoms with Crippen LogP contribution in [0.15, 0.2) is 84.0 Å². The average molecular weight is 397 g/mol. The van der Waals surface area contributed by atoms with Crippen molar-refractivity contribution < 1.29 is 9.53 Å². The summed E-state index contributed by atoms with van der Waals surface area (Å²) < 4.78 is 8.41. The van der Waals surface area contributed by atoms with E-state index in [1.54, 1.807) is 35.1 Å². The van der Waals surface area contributed by atoms with Crippen LogP contribution in [0.2, 0.25) is 0 Å². The number of fused-ring (bicyclic) bond motifs is 2. The first-order valence-electron chi connectivity index (χ1n) is 9.23. The Bertz CT molecular complexity index is 1440. The highest BCUT2D eigenvalue weighted by molar-refractivity contribution is 5.95. The lowest BCUT2D eigenvalue weighted by atomic mass is 10.1. The first-order valence-corrected chi connectivity index (χ1v) is 9.23. The minimum Gasteiger partial charge on any atom is -0.455 e. The number of carbonyl (C=O) groups is 1. The summed E-state index contributed by atoms with van der Waals surface area (Å²) in [5.74, 6) is -0.585. The van der Waals surface area contributed by atoms with E-state index in [0.717, 1.165) is 11.3 Å². The van der Waals surface area contributed by atoms with Crippen molar-refractivity contribution in [1.29, 1.82) is 0 Å². The van der Waals surface area contributed by atoms with E-state index in [4.69, 9.17) is 4.74 Å². The Labute approximate surface area is 170 Å². The molecule has 1 aromatic carbocycles. The quantitative estimate of drug-likeness (QED) is 0.433. The molecule has 0 bridgehead atoms. The van der Waals surface area contributed by atoms with Gasteiger partial charge in [-0.05, 0) is 18.2 Å². The SMILES string of the molecule is O=C(OCc1cc(=O)n2ccccc2n1)c1cnn2c(-c3ccccc3)ccnc12. The Kier molecular flexibility index (Phi) is 4.29. The van der Waals surface area contributed by atoms with E-state index in [1.165, 1.54) is 16.7 Å². The first-order chi connectivity index (χ1) is 14.7. The van der Waals surface area contributed by atoms with Crippen molar-refractivity contribution in [1.82, 2.24) is 24.0 Å². The normalized spacial score (nSPS) is 11.1. The molecule has 0 amide bonds. The fraction of sp³-hybridized carbons (Fsp3) is 0.0455. The molecule has 0 unspecified atom stereocenters. The van der Waals surface area contributed by atoms with Gasteiger partial charge in [0.2, 0.25) is 0 Å². The van der Waals surface area contributed by atoms with Crippen molar-refractivity contribution in [2.24, 2.45) is 0 Å². The van der Waals surface area contributed by atoms with Gasteiger partial charge >= 0.3 is 5.97 Å². The van der Waals surface area contributed by atoms with E-state index in [2.05, 4.69) is 15.1 Å². The number of hydrogen-bond donors (Lipinski definition) is 0. The Morgan fingerprint density at radius 2 is 1.87 bits per heavy atom. The van der Waals surface area contributed by atoms with Crippen LogP contribution in [0.4, 0.5) is 0 Å². The molecule has 0 fully saturated rings. The number of rotatable bonds is 4. The van der Waals surface area contributed by atoms with Crippen molar-refractivity contribution in [2.75, 3.05) is 0 Å². The van der Waals surface area contributed by atoms with Gasteiger partial charge in [0.1, 0.15) is 17.8 Å². The van der Waals surface area contributed by atoms with Crippen LogP contribution in [-0.4, -0.2) is 30.0 Å². The predicted octanol–water partition coefficient (Wildman–Crippen LogP) is 2.76. The Hall–Kier alpha value is -4.33. The first kappa shape index (κ1) is 17.7. The molecule has 0 saturated heterocycles. The molecule has 0 radical (unpaired) electrons. The number of hydrogen-bond acceptors (Lipinski definition) is 6. The molecule has 0 aliphatic rings. The smallest absolute Gasteiger partial charge is 0.344 e. The van der Waals surface area contributed by atoms with Gasteiger partial charge in [-0.25, -0.2) is 19.3 Å². The summed E-state index contributed by atoms with van der Waals surface area (Å²) >= 11 is 0. The fourth-order valence-corrected chi connectivity index (χ4v) is 3.26. The minimum atomic E-state index is -0.585. The van der Waals surface area contributed by atoms with Gasteiger partial charge < -0.3 is 4.74 Å². The van der Waals surface area contributed by atoms with Gasteiger partial charge in [-0.2, -0.15) is 5.10 Å². The van der Waals surface area contributed by atoms with E-state index in [-0.39, 0.29) is 17.7 Å². The van der Waals surface area contributed by atoms with Crippen LogP contribution in [0.25, 0.3) is 22.6 Å². The highest BCUT2D eigenvalue weighted by atomic mass is 16.5. The Morgan fingerprint density at radius 3 is 2.73 bits per heavy atom. The summed E-state index contributed by atoms with van der Waals surface area (Å²) in [6, 6.07) is 18.1. The maximum Gasteiger partial charge on any atom is 0.344 e. The number of carbonyl (C=O) groups excluding carboxylic acids is 1. The molecule has 0 saturated carbocycles. The topological polar surface area (TPSA) is 90.9 Å². The summed E-state index contributed by atoms with van der Waals surface area (Å²) in [6.45, 7) is -0.130. The standard InChI is InChI=1S/C22H15N5O3/c28-20-12-16(25-19-8-4-5-11-26(19)20)14-30-22(29)17-13-24-27-18(9-10-23-21(17)27)15-6-2-1-3-7-15/h1-13H,14H2. The Balaban J connectivity index is 1.43. The molecular formula is C22H15N5O3. The van der Waals surface area contributed by atoms with Gasteiger partial charge in [0.15, 0.2) is 5.65 Å². The summed E-state index contributed by atoms with van der Waals surface area (Å²) in [5, 5.41) is 4.31. The number of aromatic nitrogens is 5. The maximum atomic E-state index is 12.7. The molecule has 5 aromatic rings. The van der Waals surface area contributed by atoms with Crippen molar-refractivity contribution >= 4 is 17.3 Å². The van der Waals surface area contributed by atoms with E-state index < -0.39 is 5.97 Å². The van der Waals surface area contributed by atoms with Crippen LogP contribution in [-0.2, 0) is 11.3 Å². The number of esters is 1. The molecule has 5 rings (SSSR count). The molecule has 146 valence electrons. The third-order valence-corrected chi connectivity index (χ3v) is 4.67. The van der Waals surface area contributed by atoms with Gasteiger partial charge in [-0.15, -0.1) is 0 Å². The monoisotopic (exact) mass is 397 g/mol. The van der Waals surface area contributed by atoms with Gasteiger partial charge in [-0.3, -0.25) is 9.20 Å². The van der Waals surface area contributed by atoms with E-state index in [9.17, 15) is 9.59 Å². The summed E-state index contributed by atoms with van der Waals surface area (Å²) in [6.07, 6.45) is 4.69. The number of benzene rings is 1. The summed E-state index contributed by atoms with van der Waals surface area (Å²) in [5.41, 5.74) is 3.02. The molecule has 0 aliphatic carbocycles. The highest BCUT2D eigenvalue weighted by Crippen LogP contribution is 2.21. The molecular weight excluding hydrogens is 382 g/mol. The molecule has 0 aliphatic heterocycles. The largest absolute Gasteiger partial charge is 0.455 e. The molecule has 0 N–H and O–H groups in total. The van der Waals surface area contributed by atoms with Crippen molar-refractivity contribution in [3.8, 4) is 11.3 Å². The third kappa shape index (κ3) is 3.10. The van der Waals surface area contributed by atoms with E-state index >= 15 is 0 Å². The highest BCUT2D eigenvalue weighted by Gasteiger charge is 2.18. The van der Waals surface area contributed by atoms with Crippen LogP contribution in [0.1, 0.15) is 16.1 Å². The van der Waals surface area contributed by atoms with Crippen LogP contribution < -0.4 is 5.56 Å². The predicted molar refractivity (Wildman–Crippen MR) is 109 cm³/mol. The zero-order valence-corrected chi connectivity index (χ0v) is 15.7. The molecule has 0 atom stereocenters. The van der Waals surface area contributed by atoms with Crippen LogP contribution in [0.5, 0.6) is 0 Å². The Morgan fingerprint density at radius 1 is 1.03 bits per heavy atom. The lowest BCUT2D eigenvalue weighted by Crippen LogP contribution is -2.16.